The van der Waals surface area contributed by atoms with Gasteiger partial charge >= 0.3 is 0 Å². The number of aliphatic hydroxyl groups excluding tert-OH is 1. The monoisotopic (exact) mass is 1370 g/mol. The number of nitrogens with zero attached hydrogens (tertiary/aromatic N) is 9. The molecule has 4 atom stereocenters. The van der Waals surface area contributed by atoms with Crippen LogP contribution in [0.4, 0.5) is 30.5 Å². The number of hydrogen-bond donors (Lipinski definition) is 7. The molecule has 7 aliphatic rings. The summed E-state index contributed by atoms with van der Waals surface area (Å²) in [5.74, 6) is -1.60. The summed E-state index contributed by atoms with van der Waals surface area (Å²) in [4.78, 5) is 107. The molecular formula is C70H98F3N15O8S. The number of carbonyl (C=O) groups is 6. The second-order valence-corrected chi connectivity index (χ2v) is 31.0. The fourth-order valence-corrected chi connectivity index (χ4v) is 15.5. The Labute approximate surface area is 571 Å². The smallest absolute Gasteiger partial charge is 0.258 e. The van der Waals surface area contributed by atoms with Crippen molar-refractivity contribution in [2.45, 2.75) is 161 Å². The lowest BCUT2D eigenvalue weighted by atomic mass is 9.82. The number of halogens is 3. The van der Waals surface area contributed by atoms with Gasteiger partial charge in [-0.2, -0.15) is 0 Å². The van der Waals surface area contributed by atoms with Crippen molar-refractivity contribution in [1.29, 1.82) is 0 Å². The first-order valence-corrected chi connectivity index (χ1v) is 35.6. The quantitative estimate of drug-likeness (QED) is 0.0373. The molecule has 2 spiro atoms. The summed E-state index contributed by atoms with van der Waals surface area (Å²) in [6, 6.07) is 7.81. The normalized spacial score (nSPS) is 22.7. The number of rotatable bonds is 26. The van der Waals surface area contributed by atoms with E-state index in [1.165, 1.54) is 34.7 Å². The van der Waals surface area contributed by atoms with Crippen LogP contribution in [0.25, 0.3) is 10.4 Å². The van der Waals surface area contributed by atoms with E-state index in [4.69, 9.17) is 4.74 Å². The Morgan fingerprint density at radius 2 is 1.49 bits per heavy atom. The number of hydrogen-bond acceptors (Lipinski definition) is 18. The van der Waals surface area contributed by atoms with Gasteiger partial charge in [-0.05, 0) is 138 Å². The van der Waals surface area contributed by atoms with Gasteiger partial charge in [0, 0.05) is 115 Å². The first kappa shape index (κ1) is 71.1. The molecule has 7 fully saturated rings. The van der Waals surface area contributed by atoms with Crippen LogP contribution >= 0.6 is 11.3 Å². The lowest BCUT2D eigenvalue weighted by molar-refractivity contribution is -0.145. The van der Waals surface area contributed by atoms with Gasteiger partial charge in [0.15, 0.2) is 12.3 Å². The van der Waals surface area contributed by atoms with E-state index in [1.54, 1.807) is 31.2 Å². The van der Waals surface area contributed by atoms with E-state index in [-0.39, 0.29) is 79.7 Å². The van der Waals surface area contributed by atoms with Crippen LogP contribution < -0.4 is 46.4 Å². The van der Waals surface area contributed by atoms with Crippen LogP contribution in [-0.4, -0.2) is 216 Å². The minimum atomic E-state index is -2.00. The molecule has 2 aromatic heterocycles. The SMILES string of the molecule is Cc1ncsc1-c1ccc(CNC(=O)[C@@H]2C[C@@H](O)CN2C(=O)[C@@H](NC(=O)C2(F)CC2)C(C)(C)C)c(OCC(=O)NCCCN2CC[C@@]3(CCN(CCC(=O)NCCCNc4cc(N5CCC6(CC5)CN(c5cc(F)c(CN7CCC(C)(C)CC7)cc5F)CC(=O)N6)ncn4)C3)C2)c1. The highest BCUT2D eigenvalue weighted by atomic mass is 32.1. The van der Waals surface area contributed by atoms with Crippen LogP contribution in [0.1, 0.15) is 128 Å². The summed E-state index contributed by atoms with van der Waals surface area (Å²) in [5, 5.41) is 28.8. The highest BCUT2D eigenvalue weighted by Crippen LogP contribution is 2.42. The largest absolute Gasteiger partial charge is 0.483 e. The number of ether oxygens (including phenoxy) is 1. The van der Waals surface area contributed by atoms with E-state index in [1.807, 2.05) is 31.2 Å². The zero-order valence-corrected chi connectivity index (χ0v) is 58.0. The van der Waals surface area contributed by atoms with Crippen LogP contribution in [0, 0.1) is 34.8 Å². The number of alkyl halides is 1. The molecule has 6 aliphatic heterocycles. The molecule has 0 bridgehead atoms. The van der Waals surface area contributed by atoms with Crippen molar-refractivity contribution in [3.63, 3.8) is 0 Å². The number of benzene rings is 2. The average Bonchev–Trinajstić information content (AvgIpc) is 1.51. The molecule has 1 saturated carbocycles. The minimum Gasteiger partial charge on any atom is -0.483 e. The molecule has 97 heavy (non-hydrogen) atoms. The summed E-state index contributed by atoms with van der Waals surface area (Å²) in [6.07, 6.45) is 7.93. The summed E-state index contributed by atoms with van der Waals surface area (Å²) < 4.78 is 52.2. The summed E-state index contributed by atoms with van der Waals surface area (Å²) in [7, 11) is 0. The summed E-state index contributed by atoms with van der Waals surface area (Å²) >= 11 is 1.47. The fourth-order valence-electron chi connectivity index (χ4n) is 14.7. The number of nitrogens with one attached hydrogen (secondary N) is 6. The number of thiazole rings is 1. The molecule has 0 unspecified atom stereocenters. The molecule has 27 heteroatoms. The molecule has 4 aromatic rings. The van der Waals surface area contributed by atoms with Gasteiger partial charge in [0.2, 0.25) is 23.6 Å². The maximum Gasteiger partial charge on any atom is 0.258 e. The van der Waals surface area contributed by atoms with E-state index >= 15 is 8.78 Å². The number of aliphatic hydroxyl groups is 1. The van der Waals surface area contributed by atoms with Crippen molar-refractivity contribution < 1.29 is 51.8 Å². The molecule has 23 nitrogen and oxygen atoms in total. The third-order valence-electron chi connectivity index (χ3n) is 20.9. The van der Waals surface area contributed by atoms with Gasteiger partial charge in [-0.15, -0.1) is 11.3 Å². The van der Waals surface area contributed by atoms with E-state index in [2.05, 4.69) is 80.3 Å². The Bertz CT molecular complexity index is 3500. The van der Waals surface area contributed by atoms with E-state index in [9.17, 15) is 38.3 Å². The molecule has 7 N–H and O–H groups in total. The predicted molar refractivity (Wildman–Crippen MR) is 364 cm³/mol. The fraction of sp³-hybridized carbons (Fsp3) is 0.643. The molecular weight excluding hydrogens is 1270 g/mol. The zero-order valence-electron chi connectivity index (χ0n) is 57.1. The van der Waals surface area contributed by atoms with E-state index in [0.29, 0.717) is 101 Å². The Morgan fingerprint density at radius 3 is 2.21 bits per heavy atom. The molecule has 11 rings (SSSR count). The highest BCUT2D eigenvalue weighted by molar-refractivity contribution is 7.13. The summed E-state index contributed by atoms with van der Waals surface area (Å²) in [6.45, 7) is 21.7. The van der Waals surface area contributed by atoms with Crippen molar-refractivity contribution >= 4 is 64.1 Å². The van der Waals surface area contributed by atoms with Crippen molar-refractivity contribution in [2.75, 3.05) is 126 Å². The number of piperazine rings is 1. The highest BCUT2D eigenvalue weighted by Gasteiger charge is 2.54. The summed E-state index contributed by atoms with van der Waals surface area (Å²) in [5.41, 5.74) is 1.47. The lowest BCUT2D eigenvalue weighted by Crippen LogP contribution is -2.66. The van der Waals surface area contributed by atoms with Gasteiger partial charge in [-0.25, -0.2) is 28.1 Å². The number of β-amino-alcohol motifs (C(OH)–C–C–N with tert-alkyl or cyclic N) is 1. The second-order valence-electron chi connectivity index (χ2n) is 30.1. The van der Waals surface area contributed by atoms with E-state index < -0.39 is 64.2 Å². The number of piperidine rings is 2. The van der Waals surface area contributed by atoms with Gasteiger partial charge in [0.05, 0.1) is 40.0 Å². The molecule has 2 aromatic carbocycles. The van der Waals surface area contributed by atoms with Crippen LogP contribution in [0.3, 0.4) is 0 Å². The standard InChI is InChI=1S/C70H98F3N15O8S/c1-46-61(97-45-80-46)47-9-10-48(36-77-63(93)54-33-50(89)38-88(54)64(94)62(66(2,3)4)81-65(95)70(73)12-13-70)55(32-47)96-40-60(92)76-22-8-23-84-27-16-68(41-84)17-28-85(42-68)24-11-58(90)75-21-7-20-74-56-35-57(79-44-78-56)86-29-18-69(19-30-86)43-87(39-59(91)82-69)53-34-51(71)49(31-52(53)72)37-83-25-14-67(5,6)15-26-83/h9-10,31-32,34-35,44-45,50,54,62,89H,7-8,11-30,33,36-43H2,1-6H3,(H,75,90)(H,76,92)(H,77,93)(H,81,95)(H,82,91)(H,74,78,79)/t50-,54+,62-,68-/m1/s1. The van der Waals surface area contributed by atoms with Crippen molar-refractivity contribution in [3.8, 4) is 16.2 Å². The molecule has 6 saturated heterocycles. The number of anilines is 3. The third-order valence-corrected chi connectivity index (χ3v) is 21.8. The third kappa shape index (κ3) is 18.0. The van der Waals surface area contributed by atoms with Crippen molar-refractivity contribution in [1.82, 2.24) is 61.1 Å². The van der Waals surface area contributed by atoms with Gasteiger partial charge < -0.3 is 66.2 Å². The minimum absolute atomic E-state index is 0.0136. The zero-order chi connectivity index (χ0) is 68.9. The first-order chi connectivity index (χ1) is 46.2. The Balaban J connectivity index is 0.560. The predicted octanol–water partition coefficient (Wildman–Crippen LogP) is 5.69. The Hall–Kier alpha value is -7.20. The van der Waals surface area contributed by atoms with Gasteiger partial charge in [0.1, 0.15) is 47.4 Å². The topological polar surface area (TPSA) is 262 Å². The van der Waals surface area contributed by atoms with Gasteiger partial charge in [0.25, 0.3) is 11.8 Å². The molecule has 1 aliphatic carbocycles. The molecule has 528 valence electrons. The van der Waals surface area contributed by atoms with Crippen LogP contribution in [-0.2, 0) is 41.9 Å². The number of likely N-dealkylation sites (tertiary alicyclic amines) is 4. The number of aryl methyl sites for hydroxylation is 1. The van der Waals surface area contributed by atoms with Crippen LogP contribution in [0.5, 0.6) is 5.75 Å². The lowest BCUT2D eigenvalue weighted by Gasteiger charge is -2.48. The van der Waals surface area contributed by atoms with Gasteiger partial charge in [-0.3, -0.25) is 33.7 Å². The maximum absolute atomic E-state index is 15.8. The average molecular weight is 1370 g/mol. The van der Waals surface area contributed by atoms with Gasteiger partial charge in [-0.1, -0.05) is 46.8 Å². The second kappa shape index (κ2) is 30.1. The van der Waals surface area contributed by atoms with Crippen LogP contribution in [0.15, 0.2) is 48.2 Å². The number of amides is 6. The Kier molecular flexibility index (Phi) is 22.1. The molecule has 0 radical (unpaired) electrons. The Morgan fingerprint density at radius 1 is 0.784 bits per heavy atom. The van der Waals surface area contributed by atoms with Crippen LogP contribution in [0.2, 0.25) is 0 Å². The first-order valence-electron chi connectivity index (χ1n) is 34.7. The molecule has 6 amide bonds. The van der Waals surface area contributed by atoms with E-state index in [0.717, 1.165) is 99.9 Å². The molecule has 8 heterocycles. The van der Waals surface area contributed by atoms with Crippen molar-refractivity contribution in [3.05, 3.63) is 76.7 Å². The number of carbonyl (C=O) groups excluding carboxylic acids is 6. The maximum atomic E-state index is 15.8. The van der Waals surface area contributed by atoms with Crippen molar-refractivity contribution in [2.24, 2.45) is 16.2 Å². The number of aromatic nitrogens is 3.